The second-order valence-corrected chi connectivity index (χ2v) is 7.18. The van der Waals surface area contributed by atoms with Crippen LogP contribution < -0.4 is 14.8 Å². The van der Waals surface area contributed by atoms with Crippen molar-refractivity contribution in [1.29, 1.82) is 0 Å². The van der Waals surface area contributed by atoms with E-state index in [1.165, 1.54) is 30.0 Å². The molecule has 0 radical (unpaired) electrons. The van der Waals surface area contributed by atoms with Crippen LogP contribution in [0, 0.1) is 6.92 Å². The number of aromatic nitrogens is 3. The number of carbonyl (C=O) groups is 1. The Bertz CT molecular complexity index is 1170. The van der Waals surface area contributed by atoms with E-state index in [0.717, 1.165) is 6.07 Å². The molecule has 33 heavy (non-hydrogen) atoms. The van der Waals surface area contributed by atoms with Crippen LogP contribution in [-0.2, 0) is 11.0 Å². The van der Waals surface area contributed by atoms with E-state index in [2.05, 4.69) is 15.4 Å². The molecule has 1 N–H and O–H groups in total. The van der Waals surface area contributed by atoms with Crippen LogP contribution in [0.2, 0.25) is 5.02 Å². The molecular formula is C22H20ClF3N4O3. The molecule has 0 atom stereocenters. The van der Waals surface area contributed by atoms with E-state index in [0.29, 0.717) is 40.6 Å². The number of ether oxygens (including phenoxy) is 2. The molecule has 0 aliphatic heterocycles. The second kappa shape index (κ2) is 9.95. The highest BCUT2D eigenvalue weighted by Crippen LogP contribution is 2.36. The van der Waals surface area contributed by atoms with Crippen molar-refractivity contribution in [1.82, 2.24) is 14.8 Å². The van der Waals surface area contributed by atoms with Gasteiger partial charge in [-0.3, -0.25) is 4.79 Å². The Kier molecular flexibility index (Phi) is 7.27. The van der Waals surface area contributed by atoms with Gasteiger partial charge in [-0.05, 0) is 49.8 Å². The normalized spacial score (nSPS) is 11.6. The number of benzene rings is 1. The van der Waals surface area contributed by atoms with E-state index in [4.69, 9.17) is 21.1 Å². The van der Waals surface area contributed by atoms with Crippen LogP contribution in [0.3, 0.4) is 0 Å². The third-order valence-corrected chi connectivity index (χ3v) is 4.62. The van der Waals surface area contributed by atoms with Gasteiger partial charge < -0.3 is 14.8 Å². The minimum Gasteiger partial charge on any atom is -0.491 e. The molecule has 0 spiro atoms. The second-order valence-electron chi connectivity index (χ2n) is 6.78. The molecule has 0 fully saturated rings. The molecule has 2 heterocycles. The van der Waals surface area contributed by atoms with Gasteiger partial charge in [-0.25, -0.2) is 4.98 Å². The number of aryl methyl sites for hydroxylation is 1. The molecule has 3 rings (SSSR count). The number of hydrogen-bond acceptors (Lipinski definition) is 5. The van der Waals surface area contributed by atoms with E-state index in [-0.39, 0.29) is 11.6 Å². The number of rotatable bonds is 7. The molecule has 0 unspecified atom stereocenters. The molecule has 174 valence electrons. The van der Waals surface area contributed by atoms with Gasteiger partial charge in [-0.2, -0.15) is 23.0 Å². The van der Waals surface area contributed by atoms with E-state index in [9.17, 15) is 18.0 Å². The maximum atomic E-state index is 12.8. The number of anilines is 1. The molecule has 1 aromatic carbocycles. The lowest BCUT2D eigenvalue weighted by Crippen LogP contribution is -2.13. The number of hydrogen-bond donors (Lipinski definition) is 1. The van der Waals surface area contributed by atoms with Crippen LogP contribution in [0.5, 0.6) is 11.5 Å². The van der Waals surface area contributed by atoms with Crippen molar-refractivity contribution in [2.45, 2.75) is 20.0 Å². The summed E-state index contributed by atoms with van der Waals surface area (Å²) in [6.07, 6.45) is -0.977. The average molecular weight is 481 g/mol. The van der Waals surface area contributed by atoms with Crippen molar-refractivity contribution in [3.63, 3.8) is 0 Å². The van der Waals surface area contributed by atoms with Crippen molar-refractivity contribution in [3.8, 4) is 17.3 Å². The van der Waals surface area contributed by atoms with Crippen LogP contribution in [0.1, 0.15) is 23.7 Å². The van der Waals surface area contributed by atoms with Crippen LogP contribution in [0.4, 0.5) is 19.0 Å². The number of halogens is 4. The van der Waals surface area contributed by atoms with Crippen molar-refractivity contribution in [3.05, 3.63) is 64.4 Å². The number of nitrogens with zero attached hydrogens (tertiary/aromatic N) is 3. The Morgan fingerprint density at radius 3 is 2.64 bits per heavy atom. The van der Waals surface area contributed by atoms with Gasteiger partial charge in [-0.1, -0.05) is 11.6 Å². The van der Waals surface area contributed by atoms with Crippen molar-refractivity contribution >= 4 is 29.4 Å². The van der Waals surface area contributed by atoms with E-state index in [1.54, 1.807) is 25.1 Å². The summed E-state index contributed by atoms with van der Waals surface area (Å²) in [5, 5.41) is 7.16. The fourth-order valence-corrected chi connectivity index (χ4v) is 3.22. The van der Waals surface area contributed by atoms with Gasteiger partial charge >= 0.3 is 6.18 Å². The monoisotopic (exact) mass is 480 g/mol. The summed E-state index contributed by atoms with van der Waals surface area (Å²) in [5.41, 5.74) is 0.265. The van der Waals surface area contributed by atoms with Crippen molar-refractivity contribution < 1.29 is 27.4 Å². The first-order valence-electron chi connectivity index (χ1n) is 9.72. The predicted molar refractivity (Wildman–Crippen MR) is 118 cm³/mol. The minimum absolute atomic E-state index is 0.124. The van der Waals surface area contributed by atoms with Crippen molar-refractivity contribution in [2.24, 2.45) is 0 Å². The molecule has 11 heteroatoms. The zero-order valence-electron chi connectivity index (χ0n) is 17.9. The highest BCUT2D eigenvalue weighted by atomic mass is 35.5. The highest BCUT2D eigenvalue weighted by molar-refractivity contribution is 6.32. The molecule has 0 aliphatic rings. The van der Waals surface area contributed by atoms with Gasteiger partial charge in [-0.15, -0.1) is 0 Å². The van der Waals surface area contributed by atoms with E-state index in [1.807, 2.05) is 6.92 Å². The maximum absolute atomic E-state index is 12.8. The largest absolute Gasteiger partial charge is 0.491 e. The maximum Gasteiger partial charge on any atom is 0.417 e. The quantitative estimate of drug-likeness (QED) is 0.464. The van der Waals surface area contributed by atoms with Crippen molar-refractivity contribution in [2.75, 3.05) is 19.0 Å². The average Bonchev–Trinajstić information content (AvgIpc) is 3.12. The Morgan fingerprint density at radius 1 is 1.27 bits per heavy atom. The summed E-state index contributed by atoms with van der Waals surface area (Å²) in [7, 11) is 1.48. The molecule has 1 amide bonds. The van der Waals surface area contributed by atoms with Crippen LogP contribution in [0.25, 0.3) is 11.9 Å². The lowest BCUT2D eigenvalue weighted by atomic mass is 10.2. The summed E-state index contributed by atoms with van der Waals surface area (Å²) in [4.78, 5) is 16.3. The van der Waals surface area contributed by atoms with Gasteiger partial charge in [0.15, 0.2) is 17.3 Å². The fourth-order valence-electron chi connectivity index (χ4n) is 2.93. The number of alkyl halides is 3. The summed E-state index contributed by atoms with van der Waals surface area (Å²) >= 11 is 6.22. The summed E-state index contributed by atoms with van der Waals surface area (Å²) in [6, 6.07) is 6.94. The van der Waals surface area contributed by atoms with Gasteiger partial charge in [0, 0.05) is 18.3 Å². The Hall–Kier alpha value is -3.53. The first kappa shape index (κ1) is 24.1. The van der Waals surface area contributed by atoms with Crippen LogP contribution in [0.15, 0.2) is 42.6 Å². The molecule has 0 bridgehead atoms. The summed E-state index contributed by atoms with van der Waals surface area (Å²) < 4.78 is 50.4. The molecular weight excluding hydrogens is 461 g/mol. The topological polar surface area (TPSA) is 78.3 Å². The number of carbonyl (C=O) groups excluding carboxylic acids is 1. The van der Waals surface area contributed by atoms with Gasteiger partial charge in [0.1, 0.15) is 5.82 Å². The molecule has 2 aromatic heterocycles. The number of pyridine rings is 1. The first-order valence-corrected chi connectivity index (χ1v) is 10.1. The molecule has 7 nitrogen and oxygen atoms in total. The smallest absolute Gasteiger partial charge is 0.417 e. The van der Waals surface area contributed by atoms with E-state index < -0.39 is 17.6 Å². The highest BCUT2D eigenvalue weighted by Gasteiger charge is 2.30. The zero-order valence-corrected chi connectivity index (χ0v) is 18.7. The van der Waals surface area contributed by atoms with Gasteiger partial charge in [0.05, 0.1) is 30.0 Å². The third kappa shape index (κ3) is 5.83. The summed E-state index contributed by atoms with van der Waals surface area (Å²) in [6.45, 7) is 3.91. The lowest BCUT2D eigenvalue weighted by Gasteiger charge is -2.11. The third-order valence-electron chi connectivity index (χ3n) is 4.34. The minimum atomic E-state index is -4.50. The number of nitrogens with one attached hydrogen (secondary N) is 1. The van der Waals surface area contributed by atoms with E-state index >= 15 is 0 Å². The van der Waals surface area contributed by atoms with Crippen LogP contribution >= 0.6 is 11.6 Å². The molecule has 3 aromatic rings. The Labute approximate surface area is 192 Å². The zero-order chi connectivity index (χ0) is 24.2. The molecule has 0 aliphatic carbocycles. The number of methoxy groups -OCH3 is 1. The van der Waals surface area contributed by atoms with Crippen LogP contribution in [-0.4, -0.2) is 34.4 Å². The van der Waals surface area contributed by atoms with Gasteiger partial charge in [0.25, 0.3) is 0 Å². The summed E-state index contributed by atoms with van der Waals surface area (Å²) in [5.74, 6) is 0.710. The molecule has 0 saturated carbocycles. The number of amides is 1. The predicted octanol–water partition coefficient (Wildman–Crippen LogP) is 5.31. The standard InChI is InChI=1S/C22H20ClF3N4O3/c1-4-33-17-11-14(10-16(23)21(17)32-3)5-8-20(31)28-19-9-13(2)29-30(19)18-7-6-15(12-27-18)22(24,25)26/h5-12H,4H2,1-3H3,(H,28,31)/b8-5+. The van der Waals surface area contributed by atoms with Gasteiger partial charge in [0.2, 0.25) is 5.91 Å². The molecule has 0 saturated heterocycles. The first-order chi connectivity index (χ1) is 15.6. The lowest BCUT2D eigenvalue weighted by molar-refractivity contribution is -0.137. The fraction of sp³-hybridized carbons (Fsp3) is 0.227. The Morgan fingerprint density at radius 2 is 2.03 bits per heavy atom. The Balaban J connectivity index is 1.80. The SMILES string of the molecule is CCOc1cc(/C=C/C(=O)Nc2cc(C)nn2-c2ccc(C(F)(F)F)cn2)cc(Cl)c1OC.